The molecule has 3 aromatic carbocycles. The van der Waals surface area contributed by atoms with E-state index in [1.54, 1.807) is 49.4 Å². The summed E-state index contributed by atoms with van der Waals surface area (Å²) in [7, 11) is 0. The number of carbonyl (C=O) groups excluding carboxylic acids is 3. The molecule has 9 heteroatoms. The minimum Gasteiger partial charge on any atom is -0.491 e. The first-order valence-electron chi connectivity index (χ1n) is 11.9. The molecule has 0 aromatic heterocycles. The van der Waals surface area contributed by atoms with E-state index in [-0.39, 0.29) is 18.2 Å². The Morgan fingerprint density at radius 1 is 1.16 bits per heavy atom. The van der Waals surface area contributed by atoms with Crippen molar-refractivity contribution in [3.8, 4) is 18.1 Å². The Kier molecular flexibility index (Phi) is 8.31. The Hall–Kier alpha value is -4.32. The van der Waals surface area contributed by atoms with Gasteiger partial charge in [-0.25, -0.2) is 9.69 Å². The van der Waals surface area contributed by atoms with Gasteiger partial charge >= 0.3 is 6.03 Å². The predicted molar refractivity (Wildman–Crippen MR) is 144 cm³/mol. The molecule has 0 spiro atoms. The maximum atomic E-state index is 13.7. The molecule has 194 valence electrons. The van der Waals surface area contributed by atoms with Crippen LogP contribution in [0.2, 0.25) is 5.02 Å². The molecular formula is C29H26ClN3O5. The fourth-order valence-electron chi connectivity index (χ4n) is 4.32. The number of hydrogen-bond acceptors (Lipinski definition) is 5. The number of aliphatic hydroxyl groups is 1. The van der Waals surface area contributed by atoms with Crippen LogP contribution in [-0.2, 0) is 9.59 Å². The number of carbonyl (C=O) groups is 3. The summed E-state index contributed by atoms with van der Waals surface area (Å²) < 4.78 is 5.37. The van der Waals surface area contributed by atoms with Gasteiger partial charge in [0.2, 0.25) is 5.91 Å². The van der Waals surface area contributed by atoms with Gasteiger partial charge in [-0.1, -0.05) is 66.9 Å². The van der Waals surface area contributed by atoms with Crippen LogP contribution >= 0.6 is 11.6 Å². The molecule has 1 aliphatic heterocycles. The molecule has 0 aliphatic carbocycles. The lowest BCUT2D eigenvalue weighted by Gasteiger charge is -2.30. The Bertz CT molecular complexity index is 1370. The third-order valence-electron chi connectivity index (χ3n) is 6.28. The maximum Gasteiger partial charge on any atom is 0.325 e. The number of urea groups is 1. The third kappa shape index (κ3) is 5.65. The Labute approximate surface area is 225 Å². The van der Waals surface area contributed by atoms with Crippen LogP contribution in [0.25, 0.3) is 0 Å². The van der Waals surface area contributed by atoms with E-state index in [1.807, 2.05) is 30.3 Å². The van der Waals surface area contributed by atoms with Crippen molar-refractivity contribution in [2.45, 2.75) is 24.9 Å². The molecule has 1 unspecified atom stereocenters. The van der Waals surface area contributed by atoms with Gasteiger partial charge in [0.1, 0.15) is 24.4 Å². The van der Waals surface area contributed by atoms with Crippen LogP contribution in [-0.4, -0.2) is 47.1 Å². The van der Waals surface area contributed by atoms with Crippen molar-refractivity contribution in [1.29, 1.82) is 0 Å². The normalized spacial score (nSPS) is 16.4. The number of aliphatic hydroxyl groups excluding tert-OH is 1. The largest absolute Gasteiger partial charge is 0.491 e. The van der Waals surface area contributed by atoms with Crippen molar-refractivity contribution in [3.63, 3.8) is 0 Å². The van der Waals surface area contributed by atoms with Crippen LogP contribution in [0.3, 0.4) is 0 Å². The van der Waals surface area contributed by atoms with Gasteiger partial charge in [-0.15, -0.1) is 6.42 Å². The lowest BCUT2D eigenvalue weighted by molar-refractivity contribution is -0.134. The highest BCUT2D eigenvalue weighted by molar-refractivity contribution is 6.34. The van der Waals surface area contributed by atoms with Crippen LogP contribution < -0.4 is 15.4 Å². The van der Waals surface area contributed by atoms with Gasteiger partial charge in [0, 0.05) is 11.5 Å². The van der Waals surface area contributed by atoms with Crippen LogP contribution in [0.15, 0.2) is 72.8 Å². The van der Waals surface area contributed by atoms with E-state index in [0.717, 1.165) is 10.5 Å². The molecule has 1 heterocycles. The smallest absolute Gasteiger partial charge is 0.325 e. The minimum atomic E-state index is -1.18. The van der Waals surface area contributed by atoms with Gasteiger partial charge in [0.15, 0.2) is 0 Å². The van der Waals surface area contributed by atoms with Gasteiger partial charge < -0.3 is 20.5 Å². The van der Waals surface area contributed by atoms with Gasteiger partial charge in [-0.2, -0.15) is 0 Å². The van der Waals surface area contributed by atoms with E-state index in [4.69, 9.17) is 27.9 Å². The van der Waals surface area contributed by atoms with E-state index >= 15 is 0 Å². The lowest BCUT2D eigenvalue weighted by atomic mass is 9.91. The summed E-state index contributed by atoms with van der Waals surface area (Å²) in [5, 5.41) is 14.6. The van der Waals surface area contributed by atoms with E-state index in [1.165, 1.54) is 0 Å². The van der Waals surface area contributed by atoms with Crippen molar-refractivity contribution in [1.82, 2.24) is 10.2 Å². The van der Waals surface area contributed by atoms with E-state index in [9.17, 15) is 14.4 Å². The molecular weight excluding hydrogens is 506 g/mol. The standard InChI is InChI=1S/C29H26ClN3O5/c1-3-19-9-14-24(23(30)17-19)31-27(35)26(18(2)20-7-5-4-6-8-20)33-28(36)25(32-29(33)37)21-10-12-22(13-11-21)38-16-15-34/h1,4-14,17-18,25-26,34H,15-16H2,2H3,(H,31,35)(H,32,37)/t18-,25+,26?/m0/s1. The van der Waals surface area contributed by atoms with Crippen molar-refractivity contribution in [3.05, 3.63) is 94.5 Å². The second-order valence-electron chi connectivity index (χ2n) is 8.70. The minimum absolute atomic E-state index is 0.129. The molecule has 0 saturated carbocycles. The SMILES string of the molecule is C#Cc1ccc(NC(=O)C([C@@H](C)c2ccccc2)N2C(=O)N[C@H](c3ccc(OCCO)cc3)C2=O)c(Cl)c1. The molecule has 4 rings (SSSR count). The molecule has 1 aliphatic rings. The van der Waals surface area contributed by atoms with Gasteiger partial charge in [-0.05, 0) is 41.5 Å². The summed E-state index contributed by atoms with van der Waals surface area (Å²) >= 11 is 6.32. The number of nitrogens with one attached hydrogen (secondary N) is 2. The Morgan fingerprint density at radius 3 is 2.50 bits per heavy atom. The number of nitrogens with zero attached hydrogens (tertiary/aromatic N) is 1. The lowest BCUT2D eigenvalue weighted by Crippen LogP contribution is -2.50. The second-order valence-corrected chi connectivity index (χ2v) is 9.11. The number of ether oxygens (including phenoxy) is 1. The number of benzene rings is 3. The number of hydrogen-bond donors (Lipinski definition) is 3. The molecule has 4 amide bonds. The summed E-state index contributed by atoms with van der Waals surface area (Å²) in [5.41, 5.74) is 2.16. The number of imide groups is 1. The molecule has 38 heavy (non-hydrogen) atoms. The molecule has 0 bridgehead atoms. The molecule has 1 fully saturated rings. The molecule has 3 N–H and O–H groups in total. The van der Waals surface area contributed by atoms with E-state index < -0.39 is 35.8 Å². The Balaban J connectivity index is 1.64. The second kappa shape index (κ2) is 11.8. The average molecular weight is 532 g/mol. The molecule has 1 saturated heterocycles. The quantitative estimate of drug-likeness (QED) is 0.285. The van der Waals surface area contributed by atoms with E-state index in [2.05, 4.69) is 16.6 Å². The highest BCUT2D eigenvalue weighted by atomic mass is 35.5. The summed E-state index contributed by atoms with van der Waals surface area (Å²) in [6, 6.07) is 17.7. The number of anilines is 1. The van der Waals surface area contributed by atoms with Crippen molar-refractivity contribution in [2.75, 3.05) is 18.5 Å². The molecule has 8 nitrogen and oxygen atoms in total. The van der Waals surface area contributed by atoms with Crippen molar-refractivity contribution in [2.24, 2.45) is 0 Å². The molecule has 3 aromatic rings. The molecule has 0 radical (unpaired) electrons. The summed E-state index contributed by atoms with van der Waals surface area (Å²) in [5.74, 6) is 1.32. The van der Waals surface area contributed by atoms with Crippen LogP contribution in [0.5, 0.6) is 5.75 Å². The maximum absolute atomic E-state index is 13.7. The first-order chi connectivity index (χ1) is 18.3. The third-order valence-corrected chi connectivity index (χ3v) is 6.60. The van der Waals surface area contributed by atoms with Crippen molar-refractivity contribution < 1.29 is 24.2 Å². The fraction of sp³-hybridized carbons (Fsp3) is 0.207. The van der Waals surface area contributed by atoms with Gasteiger partial charge in [0.05, 0.1) is 17.3 Å². The van der Waals surface area contributed by atoms with Crippen LogP contribution in [0.1, 0.15) is 35.6 Å². The number of halogens is 1. The zero-order valence-electron chi connectivity index (χ0n) is 20.6. The van der Waals surface area contributed by atoms with Crippen LogP contribution in [0, 0.1) is 12.3 Å². The first-order valence-corrected chi connectivity index (χ1v) is 12.3. The number of amides is 4. The summed E-state index contributed by atoms with van der Waals surface area (Å²) in [6.45, 7) is 1.79. The van der Waals surface area contributed by atoms with Crippen molar-refractivity contribution >= 4 is 35.1 Å². The summed E-state index contributed by atoms with van der Waals surface area (Å²) in [4.78, 5) is 41.4. The first kappa shape index (κ1) is 26.7. The fourth-order valence-corrected chi connectivity index (χ4v) is 4.55. The van der Waals surface area contributed by atoms with Crippen LogP contribution in [0.4, 0.5) is 10.5 Å². The van der Waals surface area contributed by atoms with E-state index in [0.29, 0.717) is 22.6 Å². The zero-order chi connectivity index (χ0) is 27.2. The van der Waals surface area contributed by atoms with Gasteiger partial charge in [0.25, 0.3) is 5.91 Å². The highest BCUT2D eigenvalue weighted by Crippen LogP contribution is 2.32. The summed E-state index contributed by atoms with van der Waals surface area (Å²) in [6.07, 6.45) is 5.42. The zero-order valence-corrected chi connectivity index (χ0v) is 21.3. The number of rotatable bonds is 9. The topological polar surface area (TPSA) is 108 Å². The highest BCUT2D eigenvalue weighted by Gasteiger charge is 2.47. The average Bonchev–Trinajstić information content (AvgIpc) is 3.22. The predicted octanol–water partition coefficient (Wildman–Crippen LogP) is 4.10. The molecule has 3 atom stereocenters. The Morgan fingerprint density at radius 2 is 1.87 bits per heavy atom. The van der Waals surface area contributed by atoms with Gasteiger partial charge in [-0.3, -0.25) is 9.59 Å². The number of terminal acetylenes is 1. The monoisotopic (exact) mass is 531 g/mol.